The van der Waals surface area contributed by atoms with Gasteiger partial charge in [-0.15, -0.1) is 0 Å². The molecule has 9 nitrogen and oxygen atoms in total. The molecule has 0 aliphatic heterocycles. The molecule has 0 spiro atoms. The van der Waals surface area contributed by atoms with Crippen molar-refractivity contribution in [1.82, 2.24) is 10.2 Å². The van der Waals surface area contributed by atoms with Crippen LogP contribution >= 0.6 is 15.9 Å². The standard InChI is InChI=1S/C31H38BrN3O6S/c1-6-7-17-33-31(37)23(3)34(20-24-9-8-10-25(32)18-24)30(36)21-35(26-13-11-22(2)12-14-26)42(38,39)27-15-16-28(40-4)29(19-27)41-5/h8-16,18-19,23H,6-7,17,20-21H2,1-5H3,(H,33,37). The number of benzene rings is 3. The number of amides is 2. The first kappa shape index (κ1) is 32.9. The number of nitrogens with zero attached hydrogens (tertiary/aromatic N) is 2. The van der Waals surface area contributed by atoms with Crippen molar-refractivity contribution in [2.24, 2.45) is 0 Å². The summed E-state index contributed by atoms with van der Waals surface area (Å²) in [6, 6.07) is 17.7. The van der Waals surface area contributed by atoms with E-state index in [1.54, 1.807) is 31.2 Å². The highest BCUT2D eigenvalue weighted by Crippen LogP contribution is 2.32. The van der Waals surface area contributed by atoms with Crippen molar-refractivity contribution in [1.29, 1.82) is 0 Å². The van der Waals surface area contributed by atoms with Gasteiger partial charge in [0.15, 0.2) is 11.5 Å². The highest BCUT2D eigenvalue weighted by molar-refractivity contribution is 9.10. The lowest BCUT2D eigenvalue weighted by Gasteiger charge is -2.32. The van der Waals surface area contributed by atoms with E-state index in [2.05, 4.69) is 21.2 Å². The zero-order valence-corrected chi connectivity index (χ0v) is 27.0. The maximum Gasteiger partial charge on any atom is 0.264 e. The van der Waals surface area contributed by atoms with Gasteiger partial charge in [0.25, 0.3) is 10.0 Å². The van der Waals surface area contributed by atoms with Gasteiger partial charge in [0.2, 0.25) is 11.8 Å². The average molecular weight is 661 g/mol. The molecule has 11 heteroatoms. The summed E-state index contributed by atoms with van der Waals surface area (Å²) in [7, 11) is -1.37. The van der Waals surface area contributed by atoms with Crippen LogP contribution in [0.2, 0.25) is 0 Å². The summed E-state index contributed by atoms with van der Waals surface area (Å²) >= 11 is 3.46. The number of anilines is 1. The zero-order chi connectivity index (χ0) is 30.9. The van der Waals surface area contributed by atoms with E-state index < -0.39 is 28.5 Å². The van der Waals surface area contributed by atoms with Crippen LogP contribution in [0.5, 0.6) is 11.5 Å². The lowest BCUT2D eigenvalue weighted by Crippen LogP contribution is -2.51. The van der Waals surface area contributed by atoms with Gasteiger partial charge in [0.05, 0.1) is 24.8 Å². The van der Waals surface area contributed by atoms with Crippen LogP contribution in [-0.2, 0) is 26.2 Å². The third kappa shape index (κ3) is 8.25. The van der Waals surface area contributed by atoms with E-state index in [-0.39, 0.29) is 23.1 Å². The SMILES string of the molecule is CCCCNC(=O)C(C)N(Cc1cccc(Br)c1)C(=O)CN(c1ccc(C)cc1)S(=O)(=O)c1ccc(OC)c(OC)c1. The number of methoxy groups -OCH3 is 2. The summed E-state index contributed by atoms with van der Waals surface area (Å²) in [5.41, 5.74) is 2.03. The molecule has 1 atom stereocenters. The summed E-state index contributed by atoms with van der Waals surface area (Å²) in [6.45, 7) is 5.63. The lowest BCUT2D eigenvalue weighted by atomic mass is 10.1. The number of carbonyl (C=O) groups is 2. The van der Waals surface area contributed by atoms with Gasteiger partial charge >= 0.3 is 0 Å². The first-order chi connectivity index (χ1) is 20.0. The Morgan fingerprint density at radius 1 is 0.976 bits per heavy atom. The van der Waals surface area contributed by atoms with Crippen molar-refractivity contribution in [3.05, 3.63) is 82.3 Å². The largest absolute Gasteiger partial charge is 0.493 e. The molecule has 0 saturated heterocycles. The monoisotopic (exact) mass is 659 g/mol. The van der Waals surface area contributed by atoms with E-state index in [1.165, 1.54) is 37.3 Å². The number of aryl methyl sites for hydroxylation is 1. The van der Waals surface area contributed by atoms with Gasteiger partial charge in [0, 0.05) is 23.6 Å². The Balaban J connectivity index is 2.04. The molecule has 1 N–H and O–H groups in total. The normalized spacial score (nSPS) is 11.9. The summed E-state index contributed by atoms with van der Waals surface area (Å²) in [5, 5.41) is 2.89. The molecule has 0 aromatic heterocycles. The number of hydrogen-bond donors (Lipinski definition) is 1. The molecular weight excluding hydrogens is 622 g/mol. The molecular formula is C31H38BrN3O6S. The Morgan fingerprint density at radius 3 is 2.29 bits per heavy atom. The van der Waals surface area contributed by atoms with E-state index in [0.717, 1.165) is 32.7 Å². The number of unbranched alkanes of at least 4 members (excludes halogenated alkanes) is 1. The third-order valence-corrected chi connectivity index (χ3v) is 9.05. The fourth-order valence-corrected chi connectivity index (χ4v) is 6.17. The first-order valence-corrected chi connectivity index (χ1v) is 15.9. The van der Waals surface area contributed by atoms with Gasteiger partial charge in [-0.1, -0.05) is 59.1 Å². The van der Waals surface area contributed by atoms with E-state index in [9.17, 15) is 18.0 Å². The second-order valence-electron chi connectivity index (χ2n) is 9.84. The van der Waals surface area contributed by atoms with Crippen molar-refractivity contribution >= 4 is 43.5 Å². The number of hydrogen-bond acceptors (Lipinski definition) is 6. The summed E-state index contributed by atoms with van der Waals surface area (Å²) in [5.74, 6) is -0.228. The highest BCUT2D eigenvalue weighted by Gasteiger charge is 2.33. The molecule has 3 rings (SSSR count). The molecule has 226 valence electrons. The van der Waals surface area contributed by atoms with Gasteiger partial charge in [-0.2, -0.15) is 0 Å². The van der Waals surface area contributed by atoms with Gasteiger partial charge in [0.1, 0.15) is 12.6 Å². The maximum absolute atomic E-state index is 14.1. The summed E-state index contributed by atoms with van der Waals surface area (Å²) < 4.78 is 40.7. The Kier molecular flexibility index (Phi) is 11.8. The zero-order valence-electron chi connectivity index (χ0n) is 24.6. The van der Waals surface area contributed by atoms with Crippen LogP contribution in [0.4, 0.5) is 5.69 Å². The lowest BCUT2D eigenvalue weighted by molar-refractivity contribution is -0.139. The van der Waals surface area contributed by atoms with Crippen molar-refractivity contribution in [2.75, 3.05) is 31.6 Å². The van der Waals surface area contributed by atoms with Crippen molar-refractivity contribution in [3.8, 4) is 11.5 Å². The van der Waals surface area contributed by atoms with Crippen LogP contribution in [0.3, 0.4) is 0 Å². The number of carbonyl (C=O) groups excluding carboxylic acids is 2. The molecule has 0 aliphatic rings. The fraction of sp³-hybridized carbons (Fsp3) is 0.355. The van der Waals surface area contributed by atoms with Crippen LogP contribution in [0.15, 0.2) is 76.1 Å². The molecule has 3 aromatic rings. The van der Waals surface area contributed by atoms with Crippen molar-refractivity contribution < 1.29 is 27.5 Å². The second-order valence-corrected chi connectivity index (χ2v) is 12.6. The molecule has 0 aliphatic carbocycles. The molecule has 42 heavy (non-hydrogen) atoms. The van der Waals surface area contributed by atoms with Crippen LogP contribution < -0.4 is 19.1 Å². The third-order valence-electron chi connectivity index (χ3n) is 6.78. The van der Waals surface area contributed by atoms with Crippen molar-refractivity contribution in [2.45, 2.75) is 51.1 Å². The number of nitrogens with one attached hydrogen (secondary N) is 1. The molecule has 0 bridgehead atoms. The number of rotatable bonds is 14. The van der Waals surface area contributed by atoms with Crippen LogP contribution in [0, 0.1) is 6.92 Å². The Morgan fingerprint density at radius 2 is 1.67 bits per heavy atom. The quantitative estimate of drug-likeness (QED) is 0.235. The van der Waals surface area contributed by atoms with Gasteiger partial charge in [-0.25, -0.2) is 8.42 Å². The van der Waals surface area contributed by atoms with Gasteiger partial charge in [-0.3, -0.25) is 13.9 Å². The highest BCUT2D eigenvalue weighted by atomic mass is 79.9. The number of sulfonamides is 1. The summed E-state index contributed by atoms with van der Waals surface area (Å²) in [4.78, 5) is 28.5. The number of ether oxygens (including phenoxy) is 2. The minimum atomic E-state index is -4.25. The van der Waals surface area contributed by atoms with E-state index >= 15 is 0 Å². The van der Waals surface area contributed by atoms with E-state index in [0.29, 0.717) is 18.0 Å². The Labute approximate surface area is 257 Å². The van der Waals surface area contributed by atoms with Gasteiger partial charge < -0.3 is 19.7 Å². The molecule has 2 amide bonds. The molecule has 0 heterocycles. The maximum atomic E-state index is 14.1. The van der Waals surface area contributed by atoms with Crippen molar-refractivity contribution in [3.63, 3.8) is 0 Å². The fourth-order valence-electron chi connectivity index (χ4n) is 4.29. The summed E-state index contributed by atoms with van der Waals surface area (Å²) in [6.07, 6.45) is 1.72. The average Bonchev–Trinajstić information content (AvgIpc) is 2.98. The predicted molar refractivity (Wildman–Crippen MR) is 167 cm³/mol. The van der Waals surface area contributed by atoms with Crippen LogP contribution in [0.25, 0.3) is 0 Å². The first-order valence-electron chi connectivity index (χ1n) is 13.6. The van der Waals surface area contributed by atoms with E-state index in [1.807, 2.05) is 38.1 Å². The molecule has 3 aromatic carbocycles. The number of halogens is 1. The van der Waals surface area contributed by atoms with Crippen LogP contribution in [-0.4, -0.2) is 58.5 Å². The molecule has 0 fully saturated rings. The minimum absolute atomic E-state index is 0.0718. The molecule has 0 saturated carbocycles. The molecule has 1 unspecified atom stereocenters. The molecule has 0 radical (unpaired) electrons. The predicted octanol–water partition coefficient (Wildman–Crippen LogP) is 5.30. The topological polar surface area (TPSA) is 105 Å². The Hall–Kier alpha value is -3.57. The Bertz CT molecular complexity index is 1480. The van der Waals surface area contributed by atoms with E-state index in [4.69, 9.17) is 9.47 Å². The smallest absolute Gasteiger partial charge is 0.264 e. The van der Waals surface area contributed by atoms with Gasteiger partial charge in [-0.05, 0) is 62.2 Å². The van der Waals surface area contributed by atoms with Crippen LogP contribution in [0.1, 0.15) is 37.8 Å². The minimum Gasteiger partial charge on any atom is -0.493 e. The second kappa shape index (κ2) is 15.1.